The van der Waals surface area contributed by atoms with Crippen LogP contribution in [-0.4, -0.2) is 28.4 Å². The van der Waals surface area contributed by atoms with E-state index in [1.54, 1.807) is 42.6 Å². The molecule has 25 heavy (non-hydrogen) atoms. The highest BCUT2D eigenvalue weighted by atomic mass is 32.1. The van der Waals surface area contributed by atoms with E-state index in [9.17, 15) is 9.59 Å². The summed E-state index contributed by atoms with van der Waals surface area (Å²) in [7, 11) is 1.54. The van der Waals surface area contributed by atoms with E-state index in [4.69, 9.17) is 0 Å². The van der Waals surface area contributed by atoms with Gasteiger partial charge in [0.1, 0.15) is 4.83 Å². The van der Waals surface area contributed by atoms with Crippen molar-refractivity contribution in [1.82, 2.24) is 14.7 Å². The summed E-state index contributed by atoms with van der Waals surface area (Å²) in [5.41, 5.74) is 2.13. The normalized spacial score (nSPS) is 10.9. The molecule has 0 spiro atoms. The van der Waals surface area contributed by atoms with Crippen LogP contribution in [0.4, 0.5) is 16.2 Å². The van der Waals surface area contributed by atoms with E-state index in [1.807, 2.05) is 22.0 Å². The fourth-order valence-corrected chi connectivity index (χ4v) is 4.12. The van der Waals surface area contributed by atoms with Gasteiger partial charge in [0.25, 0.3) is 5.91 Å². The van der Waals surface area contributed by atoms with Gasteiger partial charge in [0.05, 0.1) is 10.4 Å². The van der Waals surface area contributed by atoms with Crippen molar-refractivity contribution < 1.29 is 9.59 Å². The molecule has 0 aliphatic carbocycles. The second-order valence-electron chi connectivity index (χ2n) is 5.21. The molecule has 3 aromatic heterocycles. The van der Waals surface area contributed by atoms with Gasteiger partial charge in [-0.1, -0.05) is 6.07 Å². The van der Waals surface area contributed by atoms with Crippen LogP contribution in [0, 0.1) is 0 Å². The van der Waals surface area contributed by atoms with Crippen LogP contribution in [0.3, 0.4) is 0 Å². The van der Waals surface area contributed by atoms with Gasteiger partial charge in [-0.05, 0) is 24.3 Å². The highest BCUT2D eigenvalue weighted by Crippen LogP contribution is 2.29. The molecule has 3 N–H and O–H groups in total. The minimum Gasteiger partial charge on any atom is -0.341 e. The van der Waals surface area contributed by atoms with Crippen LogP contribution in [0.1, 0.15) is 9.67 Å². The first-order chi connectivity index (χ1) is 12.1. The quantitative estimate of drug-likeness (QED) is 0.514. The number of thiazole rings is 1. The second-order valence-corrected chi connectivity index (χ2v) is 7.11. The van der Waals surface area contributed by atoms with E-state index in [0.717, 1.165) is 15.3 Å². The Bertz CT molecular complexity index is 1090. The Morgan fingerprint density at radius 3 is 2.76 bits per heavy atom. The van der Waals surface area contributed by atoms with Crippen molar-refractivity contribution in [1.29, 1.82) is 0 Å². The maximum Gasteiger partial charge on any atom is 0.318 e. The number of urea groups is 1. The molecule has 9 heteroatoms. The predicted octanol–water partition coefficient (Wildman–Crippen LogP) is 3.61. The lowest BCUT2D eigenvalue weighted by Gasteiger charge is -2.07. The van der Waals surface area contributed by atoms with Gasteiger partial charge in [0, 0.05) is 30.0 Å². The lowest BCUT2D eigenvalue weighted by Crippen LogP contribution is -2.24. The third-order valence-electron chi connectivity index (χ3n) is 3.57. The van der Waals surface area contributed by atoms with Crippen LogP contribution in [0.25, 0.3) is 15.3 Å². The summed E-state index contributed by atoms with van der Waals surface area (Å²) in [6.45, 7) is 0. The average Bonchev–Trinajstić information content (AvgIpc) is 3.26. The van der Waals surface area contributed by atoms with Gasteiger partial charge < -0.3 is 16.0 Å². The number of anilines is 2. The SMILES string of the molecule is CNC(=O)Nc1cccc(NC(=O)c2cc3c(nc4sccn43)s2)c1. The summed E-state index contributed by atoms with van der Waals surface area (Å²) >= 11 is 2.92. The number of fused-ring (bicyclic) bond motifs is 3. The maximum atomic E-state index is 12.5. The molecule has 0 fully saturated rings. The predicted molar refractivity (Wildman–Crippen MR) is 101 cm³/mol. The van der Waals surface area contributed by atoms with Crippen LogP contribution >= 0.6 is 22.7 Å². The summed E-state index contributed by atoms with van der Waals surface area (Å²) in [4.78, 5) is 30.7. The van der Waals surface area contributed by atoms with Crippen molar-refractivity contribution in [2.45, 2.75) is 0 Å². The summed E-state index contributed by atoms with van der Waals surface area (Å²) in [6, 6.07) is 8.50. The monoisotopic (exact) mass is 371 g/mol. The highest BCUT2D eigenvalue weighted by Gasteiger charge is 2.15. The molecule has 0 radical (unpaired) electrons. The summed E-state index contributed by atoms with van der Waals surface area (Å²) in [5, 5.41) is 9.96. The molecular weight excluding hydrogens is 358 g/mol. The fourth-order valence-electron chi connectivity index (χ4n) is 2.42. The number of benzene rings is 1. The van der Waals surface area contributed by atoms with E-state index in [2.05, 4.69) is 20.9 Å². The largest absolute Gasteiger partial charge is 0.341 e. The lowest BCUT2D eigenvalue weighted by molar-refractivity contribution is 0.103. The zero-order valence-electron chi connectivity index (χ0n) is 13.1. The number of nitrogens with one attached hydrogen (secondary N) is 3. The molecule has 0 atom stereocenters. The molecule has 0 saturated heterocycles. The van der Waals surface area contributed by atoms with Gasteiger partial charge in [-0.25, -0.2) is 9.78 Å². The molecule has 0 unspecified atom stereocenters. The number of thiophene rings is 1. The van der Waals surface area contributed by atoms with Crippen molar-refractivity contribution in [2.24, 2.45) is 0 Å². The smallest absolute Gasteiger partial charge is 0.318 e. The Hall–Kier alpha value is -2.91. The summed E-state index contributed by atoms with van der Waals surface area (Å²) in [6.07, 6.45) is 1.94. The molecule has 4 aromatic rings. The van der Waals surface area contributed by atoms with E-state index in [1.165, 1.54) is 11.3 Å². The maximum absolute atomic E-state index is 12.5. The van der Waals surface area contributed by atoms with Gasteiger partial charge in [-0.15, -0.1) is 22.7 Å². The molecule has 0 saturated carbocycles. The van der Waals surface area contributed by atoms with Gasteiger partial charge in [-0.3, -0.25) is 9.20 Å². The molecule has 7 nitrogen and oxygen atoms in total. The first kappa shape index (κ1) is 15.6. The molecule has 126 valence electrons. The van der Waals surface area contributed by atoms with Crippen molar-refractivity contribution in [3.8, 4) is 0 Å². The van der Waals surface area contributed by atoms with Crippen molar-refractivity contribution >= 4 is 61.3 Å². The number of rotatable bonds is 3. The minimum atomic E-state index is -0.316. The number of aromatic nitrogens is 2. The molecule has 3 amide bonds. The van der Waals surface area contributed by atoms with Crippen LogP contribution in [-0.2, 0) is 0 Å². The number of amides is 3. The van der Waals surface area contributed by atoms with Crippen LogP contribution in [0.2, 0.25) is 0 Å². The van der Waals surface area contributed by atoms with E-state index in [-0.39, 0.29) is 11.9 Å². The second kappa shape index (κ2) is 6.19. The fraction of sp³-hybridized carbons (Fsp3) is 0.0625. The molecule has 1 aromatic carbocycles. The Morgan fingerprint density at radius 1 is 1.16 bits per heavy atom. The van der Waals surface area contributed by atoms with Gasteiger partial charge >= 0.3 is 6.03 Å². The Kier molecular flexibility index (Phi) is 3.86. The van der Waals surface area contributed by atoms with E-state index >= 15 is 0 Å². The van der Waals surface area contributed by atoms with E-state index in [0.29, 0.717) is 16.3 Å². The van der Waals surface area contributed by atoms with Gasteiger partial charge in [-0.2, -0.15) is 0 Å². The number of hydrogen-bond donors (Lipinski definition) is 3. The van der Waals surface area contributed by atoms with Crippen LogP contribution < -0.4 is 16.0 Å². The Balaban J connectivity index is 1.56. The number of hydrogen-bond acceptors (Lipinski definition) is 5. The van der Waals surface area contributed by atoms with Crippen LogP contribution in [0.15, 0.2) is 41.9 Å². The summed E-state index contributed by atoms with van der Waals surface area (Å²) in [5.74, 6) is -0.205. The molecule has 3 heterocycles. The summed E-state index contributed by atoms with van der Waals surface area (Å²) < 4.78 is 1.97. The Labute approximate surface area is 150 Å². The Morgan fingerprint density at radius 2 is 1.96 bits per heavy atom. The lowest BCUT2D eigenvalue weighted by atomic mass is 10.2. The number of imidazole rings is 1. The van der Waals surface area contributed by atoms with Gasteiger partial charge in [0.15, 0.2) is 4.96 Å². The van der Waals surface area contributed by atoms with E-state index < -0.39 is 0 Å². The third-order valence-corrected chi connectivity index (χ3v) is 5.34. The topological polar surface area (TPSA) is 87.5 Å². The van der Waals surface area contributed by atoms with Crippen molar-refractivity contribution in [3.05, 3.63) is 46.8 Å². The minimum absolute atomic E-state index is 0.205. The zero-order valence-corrected chi connectivity index (χ0v) is 14.7. The number of carbonyl (C=O) groups excluding carboxylic acids is 2. The molecule has 4 rings (SSSR count). The standard InChI is InChI=1S/C16H13N5O2S2/c1-17-15(23)19-10-4-2-3-9(7-10)18-13(22)12-8-11-14(25-12)20-16-21(11)5-6-24-16/h2-8H,1H3,(H,18,22)(H2,17,19,23). The molecule has 0 aliphatic heterocycles. The molecule has 0 bridgehead atoms. The highest BCUT2D eigenvalue weighted by molar-refractivity contribution is 7.21. The molecular formula is C16H13N5O2S2. The molecule has 0 aliphatic rings. The van der Waals surface area contributed by atoms with Crippen molar-refractivity contribution in [2.75, 3.05) is 17.7 Å². The zero-order chi connectivity index (χ0) is 17.4. The van der Waals surface area contributed by atoms with Crippen LogP contribution in [0.5, 0.6) is 0 Å². The first-order valence-electron chi connectivity index (χ1n) is 7.39. The van der Waals surface area contributed by atoms with Crippen molar-refractivity contribution in [3.63, 3.8) is 0 Å². The first-order valence-corrected chi connectivity index (χ1v) is 9.09. The number of carbonyl (C=O) groups is 2. The number of nitrogens with zero attached hydrogens (tertiary/aromatic N) is 2. The average molecular weight is 371 g/mol. The van der Waals surface area contributed by atoms with Gasteiger partial charge in [0.2, 0.25) is 0 Å². The third kappa shape index (κ3) is 2.94.